The SMILES string of the molecule is CCN(CC)CCCNC(=O)N1CCCCC1(C)C(=O)O. The summed E-state index contributed by atoms with van der Waals surface area (Å²) >= 11 is 0. The number of piperidine rings is 1. The molecule has 1 rings (SSSR count). The number of carbonyl (C=O) groups is 2. The standard InChI is InChI=1S/C15H29N3O3/c1-4-17(5-2)11-8-10-16-14(21)18-12-7-6-9-15(18,3)13(19)20/h4-12H2,1-3H3,(H,16,21)(H,19,20). The lowest BCUT2D eigenvalue weighted by molar-refractivity contribution is -0.150. The third-order valence-corrected chi connectivity index (χ3v) is 4.42. The lowest BCUT2D eigenvalue weighted by Gasteiger charge is -2.41. The highest BCUT2D eigenvalue weighted by Gasteiger charge is 2.43. The summed E-state index contributed by atoms with van der Waals surface area (Å²) in [4.78, 5) is 27.5. The van der Waals surface area contributed by atoms with E-state index in [9.17, 15) is 14.7 Å². The van der Waals surface area contributed by atoms with Crippen molar-refractivity contribution < 1.29 is 14.7 Å². The fourth-order valence-electron chi connectivity index (χ4n) is 2.80. The van der Waals surface area contributed by atoms with Gasteiger partial charge in [0.1, 0.15) is 5.54 Å². The quantitative estimate of drug-likeness (QED) is 0.703. The van der Waals surface area contributed by atoms with Crippen LogP contribution in [0.15, 0.2) is 0 Å². The minimum atomic E-state index is -1.07. The number of urea groups is 1. The lowest BCUT2D eigenvalue weighted by atomic mass is 9.89. The molecule has 1 unspecified atom stereocenters. The van der Waals surface area contributed by atoms with Crippen molar-refractivity contribution in [3.8, 4) is 0 Å². The van der Waals surface area contributed by atoms with Crippen molar-refractivity contribution in [2.24, 2.45) is 0 Å². The van der Waals surface area contributed by atoms with Crippen molar-refractivity contribution >= 4 is 12.0 Å². The average Bonchev–Trinajstić information content (AvgIpc) is 2.47. The monoisotopic (exact) mass is 299 g/mol. The molecule has 6 nitrogen and oxygen atoms in total. The molecule has 6 heteroatoms. The normalized spacial score (nSPS) is 22.4. The van der Waals surface area contributed by atoms with Crippen LogP contribution >= 0.6 is 0 Å². The van der Waals surface area contributed by atoms with Gasteiger partial charge in [0.25, 0.3) is 0 Å². The van der Waals surface area contributed by atoms with Gasteiger partial charge in [-0.15, -0.1) is 0 Å². The Morgan fingerprint density at radius 1 is 1.29 bits per heavy atom. The molecule has 0 bridgehead atoms. The van der Waals surface area contributed by atoms with Crippen LogP contribution in [0.5, 0.6) is 0 Å². The van der Waals surface area contributed by atoms with E-state index < -0.39 is 11.5 Å². The Hall–Kier alpha value is -1.30. The Bertz CT molecular complexity index is 358. The fourth-order valence-corrected chi connectivity index (χ4v) is 2.80. The lowest BCUT2D eigenvalue weighted by Crippen LogP contribution is -2.60. The number of nitrogens with one attached hydrogen (secondary N) is 1. The van der Waals surface area contributed by atoms with Gasteiger partial charge in [0, 0.05) is 13.1 Å². The Balaban J connectivity index is 2.44. The molecular formula is C15H29N3O3. The molecule has 0 saturated carbocycles. The van der Waals surface area contributed by atoms with Gasteiger partial charge in [-0.3, -0.25) is 0 Å². The largest absolute Gasteiger partial charge is 0.480 e. The van der Waals surface area contributed by atoms with Crippen molar-refractivity contribution in [1.82, 2.24) is 15.1 Å². The van der Waals surface area contributed by atoms with Gasteiger partial charge in [-0.05, 0) is 52.2 Å². The molecule has 1 aliphatic rings. The summed E-state index contributed by atoms with van der Waals surface area (Å²) in [5, 5.41) is 12.3. The third kappa shape index (κ3) is 4.59. The van der Waals surface area contributed by atoms with Crippen LogP contribution in [-0.4, -0.2) is 65.2 Å². The Morgan fingerprint density at radius 2 is 1.95 bits per heavy atom. The molecule has 1 saturated heterocycles. The zero-order valence-corrected chi connectivity index (χ0v) is 13.5. The maximum atomic E-state index is 12.2. The van der Waals surface area contributed by atoms with E-state index in [-0.39, 0.29) is 6.03 Å². The van der Waals surface area contributed by atoms with Crippen LogP contribution in [0.3, 0.4) is 0 Å². The molecule has 0 radical (unpaired) electrons. The summed E-state index contributed by atoms with van der Waals surface area (Å²) < 4.78 is 0. The van der Waals surface area contributed by atoms with E-state index in [1.165, 1.54) is 4.90 Å². The topological polar surface area (TPSA) is 72.9 Å². The van der Waals surface area contributed by atoms with Gasteiger partial charge < -0.3 is 20.2 Å². The second kappa shape index (κ2) is 8.22. The van der Waals surface area contributed by atoms with Crippen molar-refractivity contribution in [3.05, 3.63) is 0 Å². The molecule has 0 aliphatic carbocycles. The van der Waals surface area contributed by atoms with Crippen LogP contribution in [0.1, 0.15) is 46.5 Å². The van der Waals surface area contributed by atoms with Gasteiger partial charge in [0.15, 0.2) is 0 Å². The number of hydrogen-bond acceptors (Lipinski definition) is 3. The molecule has 2 amide bonds. The van der Waals surface area contributed by atoms with Crippen molar-refractivity contribution in [3.63, 3.8) is 0 Å². The van der Waals surface area contributed by atoms with Crippen molar-refractivity contribution in [1.29, 1.82) is 0 Å². The van der Waals surface area contributed by atoms with Gasteiger partial charge in [0.05, 0.1) is 0 Å². The molecule has 0 aromatic carbocycles. The van der Waals surface area contributed by atoms with Crippen molar-refractivity contribution in [2.45, 2.75) is 52.0 Å². The number of aliphatic carboxylic acids is 1. The maximum absolute atomic E-state index is 12.2. The van der Waals surface area contributed by atoms with E-state index in [1.807, 2.05) is 0 Å². The number of likely N-dealkylation sites (tertiary alicyclic amines) is 1. The predicted molar refractivity (Wildman–Crippen MR) is 82.4 cm³/mol. The summed E-state index contributed by atoms with van der Waals surface area (Å²) in [6.07, 6.45) is 3.13. The van der Waals surface area contributed by atoms with Crippen LogP contribution < -0.4 is 5.32 Å². The van der Waals surface area contributed by atoms with E-state index in [4.69, 9.17) is 0 Å². The molecule has 21 heavy (non-hydrogen) atoms. The first-order valence-corrected chi connectivity index (χ1v) is 7.97. The van der Waals surface area contributed by atoms with Crippen LogP contribution in [0, 0.1) is 0 Å². The van der Waals surface area contributed by atoms with Crippen LogP contribution in [0.25, 0.3) is 0 Å². The Labute approximate surface area is 127 Å². The highest BCUT2D eigenvalue weighted by Crippen LogP contribution is 2.28. The maximum Gasteiger partial charge on any atom is 0.329 e. The molecule has 0 aromatic heterocycles. The molecule has 0 spiro atoms. The summed E-state index contributed by atoms with van der Waals surface area (Å²) in [6, 6.07) is -0.251. The zero-order chi connectivity index (χ0) is 15.9. The molecule has 1 aliphatic heterocycles. The minimum Gasteiger partial charge on any atom is -0.480 e. The first-order chi connectivity index (χ1) is 9.95. The number of nitrogens with zero attached hydrogens (tertiary/aromatic N) is 2. The predicted octanol–water partition coefficient (Wildman–Crippen LogP) is 1.76. The second-order valence-electron chi connectivity index (χ2n) is 5.80. The van der Waals surface area contributed by atoms with E-state index in [0.717, 1.165) is 38.9 Å². The Kier molecular flexibility index (Phi) is 6.95. The van der Waals surface area contributed by atoms with E-state index in [1.54, 1.807) is 6.92 Å². The first-order valence-electron chi connectivity index (χ1n) is 7.97. The Morgan fingerprint density at radius 3 is 2.52 bits per heavy atom. The molecule has 122 valence electrons. The third-order valence-electron chi connectivity index (χ3n) is 4.42. The zero-order valence-electron chi connectivity index (χ0n) is 13.5. The molecule has 2 N–H and O–H groups in total. The number of carboxylic acids is 1. The first kappa shape index (κ1) is 17.8. The van der Waals surface area contributed by atoms with E-state index >= 15 is 0 Å². The van der Waals surface area contributed by atoms with Gasteiger partial charge >= 0.3 is 12.0 Å². The number of carbonyl (C=O) groups excluding carboxylic acids is 1. The number of carboxylic acid groups (broad SMARTS) is 1. The second-order valence-corrected chi connectivity index (χ2v) is 5.80. The van der Waals surface area contributed by atoms with Crippen LogP contribution in [0.4, 0.5) is 4.79 Å². The van der Waals surface area contributed by atoms with Gasteiger partial charge in [-0.1, -0.05) is 13.8 Å². The summed E-state index contributed by atoms with van der Waals surface area (Å²) in [6.45, 7) is 9.95. The van der Waals surface area contributed by atoms with Crippen LogP contribution in [0.2, 0.25) is 0 Å². The summed E-state index contributed by atoms with van der Waals surface area (Å²) in [7, 11) is 0. The van der Waals surface area contributed by atoms with Gasteiger partial charge in [-0.25, -0.2) is 9.59 Å². The highest BCUT2D eigenvalue weighted by molar-refractivity contribution is 5.86. The van der Waals surface area contributed by atoms with Gasteiger partial charge in [-0.2, -0.15) is 0 Å². The molecule has 1 heterocycles. The highest BCUT2D eigenvalue weighted by atomic mass is 16.4. The smallest absolute Gasteiger partial charge is 0.329 e. The molecule has 1 atom stereocenters. The van der Waals surface area contributed by atoms with Crippen molar-refractivity contribution in [2.75, 3.05) is 32.7 Å². The van der Waals surface area contributed by atoms with Gasteiger partial charge in [0.2, 0.25) is 0 Å². The summed E-state index contributed by atoms with van der Waals surface area (Å²) in [5.74, 6) is -0.916. The van der Waals surface area contributed by atoms with Crippen LogP contribution in [-0.2, 0) is 4.79 Å². The summed E-state index contributed by atoms with van der Waals surface area (Å²) in [5.41, 5.74) is -1.07. The fraction of sp³-hybridized carbons (Fsp3) is 0.867. The molecule has 0 aromatic rings. The number of hydrogen-bond donors (Lipinski definition) is 2. The molecule has 1 fully saturated rings. The minimum absolute atomic E-state index is 0.251. The number of rotatable bonds is 7. The molecular weight excluding hydrogens is 270 g/mol. The van der Waals surface area contributed by atoms with E-state index in [0.29, 0.717) is 19.5 Å². The van der Waals surface area contributed by atoms with E-state index in [2.05, 4.69) is 24.1 Å². The number of amides is 2. The average molecular weight is 299 g/mol.